The van der Waals surface area contributed by atoms with Crippen molar-refractivity contribution < 1.29 is 9.47 Å². The first-order chi connectivity index (χ1) is 8.27. The molecule has 0 spiro atoms. The maximum Gasteiger partial charge on any atom is 0.188 e. The third-order valence-electron chi connectivity index (χ3n) is 3.01. The second-order valence-corrected chi connectivity index (χ2v) is 4.12. The van der Waals surface area contributed by atoms with E-state index in [1.807, 2.05) is 6.07 Å². The van der Waals surface area contributed by atoms with Crippen molar-refractivity contribution in [1.29, 1.82) is 0 Å². The molecule has 0 unspecified atom stereocenters. The van der Waals surface area contributed by atoms with E-state index in [2.05, 4.69) is 38.1 Å². The lowest BCUT2D eigenvalue weighted by molar-refractivity contribution is 0.0522. The second kappa shape index (κ2) is 5.19. The molecule has 0 atom stereocenters. The van der Waals surface area contributed by atoms with Gasteiger partial charge in [0.25, 0.3) is 0 Å². The number of hydrogen-bond acceptors (Lipinski definition) is 2. The van der Waals surface area contributed by atoms with E-state index in [4.69, 9.17) is 9.47 Å². The number of ether oxygens (including phenoxy) is 2. The molecular weight excluding hydrogens is 212 g/mol. The van der Waals surface area contributed by atoms with Crippen LogP contribution in [0.2, 0.25) is 0 Å². The van der Waals surface area contributed by atoms with E-state index < -0.39 is 0 Å². The van der Waals surface area contributed by atoms with Gasteiger partial charge in [-0.05, 0) is 35.9 Å². The summed E-state index contributed by atoms with van der Waals surface area (Å²) in [7, 11) is 1.63. The monoisotopic (exact) mass is 230 g/mol. The molecular formula is C15H18O2. The van der Waals surface area contributed by atoms with Gasteiger partial charge < -0.3 is 9.47 Å². The molecule has 90 valence electrons. The molecule has 0 bridgehead atoms. The largest absolute Gasteiger partial charge is 0.467 e. The highest BCUT2D eigenvalue weighted by Crippen LogP contribution is 2.31. The van der Waals surface area contributed by atoms with Crippen molar-refractivity contribution >= 4 is 10.8 Å². The van der Waals surface area contributed by atoms with Crippen LogP contribution in [0.4, 0.5) is 0 Å². The predicted octanol–water partition coefficient (Wildman–Crippen LogP) is 3.69. The summed E-state index contributed by atoms with van der Waals surface area (Å²) in [5.41, 5.74) is 2.59. The Bertz CT molecular complexity index is 518. The van der Waals surface area contributed by atoms with Gasteiger partial charge in [0.2, 0.25) is 0 Å². The topological polar surface area (TPSA) is 18.5 Å². The lowest BCUT2D eigenvalue weighted by Crippen LogP contribution is -2.00. The van der Waals surface area contributed by atoms with Gasteiger partial charge in [0.05, 0.1) is 0 Å². The molecule has 0 aromatic heterocycles. The molecule has 2 rings (SSSR count). The summed E-state index contributed by atoms with van der Waals surface area (Å²) in [5, 5.41) is 2.48. The van der Waals surface area contributed by atoms with E-state index in [0.29, 0.717) is 0 Å². The quantitative estimate of drug-likeness (QED) is 0.746. The third kappa shape index (κ3) is 2.27. The van der Waals surface area contributed by atoms with Crippen LogP contribution in [-0.2, 0) is 11.2 Å². The van der Waals surface area contributed by atoms with Gasteiger partial charge in [-0.25, -0.2) is 0 Å². The highest BCUT2D eigenvalue weighted by Gasteiger charge is 2.08. The Morgan fingerprint density at radius 1 is 1.12 bits per heavy atom. The van der Waals surface area contributed by atoms with Gasteiger partial charge in [0.1, 0.15) is 5.75 Å². The SMILES string of the molecule is CCc1ccc(OCOC)c2c(C)cccc12. The lowest BCUT2D eigenvalue weighted by Gasteiger charge is -2.13. The number of methoxy groups -OCH3 is 1. The Kier molecular flexibility index (Phi) is 3.64. The Morgan fingerprint density at radius 3 is 2.65 bits per heavy atom. The lowest BCUT2D eigenvalue weighted by atomic mass is 9.98. The molecule has 2 aromatic carbocycles. The summed E-state index contributed by atoms with van der Waals surface area (Å²) >= 11 is 0. The molecule has 0 radical (unpaired) electrons. The van der Waals surface area contributed by atoms with Crippen LogP contribution in [0.3, 0.4) is 0 Å². The average Bonchev–Trinajstić information content (AvgIpc) is 2.36. The zero-order valence-corrected chi connectivity index (χ0v) is 10.6. The molecule has 0 N–H and O–H groups in total. The summed E-state index contributed by atoms with van der Waals surface area (Å²) < 4.78 is 10.6. The van der Waals surface area contributed by atoms with Gasteiger partial charge >= 0.3 is 0 Å². The highest BCUT2D eigenvalue weighted by molar-refractivity contribution is 5.93. The normalized spacial score (nSPS) is 10.8. The first-order valence-corrected chi connectivity index (χ1v) is 5.91. The maximum absolute atomic E-state index is 5.63. The first-order valence-electron chi connectivity index (χ1n) is 5.91. The first kappa shape index (κ1) is 11.9. The fourth-order valence-electron chi connectivity index (χ4n) is 2.16. The Labute approximate surface area is 102 Å². The van der Waals surface area contributed by atoms with E-state index in [1.165, 1.54) is 21.9 Å². The van der Waals surface area contributed by atoms with Crippen LogP contribution in [0.1, 0.15) is 18.1 Å². The zero-order valence-electron chi connectivity index (χ0n) is 10.6. The molecule has 2 aromatic rings. The highest BCUT2D eigenvalue weighted by atomic mass is 16.7. The van der Waals surface area contributed by atoms with Crippen molar-refractivity contribution in [3.8, 4) is 5.75 Å². The summed E-state index contributed by atoms with van der Waals surface area (Å²) in [6, 6.07) is 10.5. The Morgan fingerprint density at radius 2 is 1.94 bits per heavy atom. The average molecular weight is 230 g/mol. The minimum absolute atomic E-state index is 0.287. The Hall–Kier alpha value is -1.54. The molecule has 17 heavy (non-hydrogen) atoms. The fraction of sp³-hybridized carbons (Fsp3) is 0.333. The van der Waals surface area contributed by atoms with E-state index >= 15 is 0 Å². The standard InChI is InChI=1S/C15H18O2/c1-4-12-8-9-14(17-10-16-3)15-11(2)6-5-7-13(12)15/h5-9H,4,10H2,1-3H3. The van der Waals surface area contributed by atoms with E-state index in [9.17, 15) is 0 Å². The zero-order chi connectivity index (χ0) is 12.3. The minimum Gasteiger partial charge on any atom is -0.467 e. The van der Waals surface area contributed by atoms with Crippen molar-refractivity contribution in [2.45, 2.75) is 20.3 Å². The molecule has 0 saturated carbocycles. The molecule has 0 saturated heterocycles. The Balaban J connectivity index is 2.61. The minimum atomic E-state index is 0.287. The molecule has 2 nitrogen and oxygen atoms in total. The van der Waals surface area contributed by atoms with Crippen LogP contribution in [0, 0.1) is 6.92 Å². The number of fused-ring (bicyclic) bond motifs is 1. The smallest absolute Gasteiger partial charge is 0.188 e. The van der Waals surface area contributed by atoms with Crippen LogP contribution in [-0.4, -0.2) is 13.9 Å². The molecule has 0 amide bonds. The second-order valence-electron chi connectivity index (χ2n) is 4.12. The summed E-state index contributed by atoms with van der Waals surface area (Å²) in [6.45, 7) is 4.57. The van der Waals surface area contributed by atoms with E-state index in [1.54, 1.807) is 7.11 Å². The molecule has 0 fully saturated rings. The van der Waals surface area contributed by atoms with Gasteiger partial charge in [-0.3, -0.25) is 0 Å². The summed E-state index contributed by atoms with van der Waals surface area (Å²) in [6.07, 6.45) is 1.03. The van der Waals surface area contributed by atoms with E-state index in [-0.39, 0.29) is 6.79 Å². The predicted molar refractivity (Wildman–Crippen MR) is 70.6 cm³/mol. The summed E-state index contributed by atoms with van der Waals surface area (Å²) in [4.78, 5) is 0. The number of hydrogen-bond donors (Lipinski definition) is 0. The summed E-state index contributed by atoms with van der Waals surface area (Å²) in [5.74, 6) is 0.900. The van der Waals surface area contributed by atoms with Crippen LogP contribution in [0.5, 0.6) is 5.75 Å². The van der Waals surface area contributed by atoms with Gasteiger partial charge in [-0.1, -0.05) is 31.2 Å². The van der Waals surface area contributed by atoms with Crippen molar-refractivity contribution in [1.82, 2.24) is 0 Å². The molecule has 0 heterocycles. The molecule has 0 aliphatic heterocycles. The van der Waals surface area contributed by atoms with Gasteiger partial charge in [-0.15, -0.1) is 0 Å². The molecule has 2 heteroatoms. The van der Waals surface area contributed by atoms with Gasteiger partial charge in [0, 0.05) is 12.5 Å². The molecule has 0 aliphatic carbocycles. The number of benzene rings is 2. The van der Waals surface area contributed by atoms with Crippen LogP contribution >= 0.6 is 0 Å². The van der Waals surface area contributed by atoms with Gasteiger partial charge in [-0.2, -0.15) is 0 Å². The fourth-order valence-corrected chi connectivity index (χ4v) is 2.16. The van der Waals surface area contributed by atoms with Crippen molar-refractivity contribution in [3.05, 3.63) is 41.5 Å². The van der Waals surface area contributed by atoms with Crippen LogP contribution in [0.25, 0.3) is 10.8 Å². The van der Waals surface area contributed by atoms with Crippen LogP contribution in [0.15, 0.2) is 30.3 Å². The maximum atomic E-state index is 5.63. The third-order valence-corrected chi connectivity index (χ3v) is 3.01. The molecule has 0 aliphatic rings. The van der Waals surface area contributed by atoms with Gasteiger partial charge in [0.15, 0.2) is 6.79 Å². The van der Waals surface area contributed by atoms with Crippen molar-refractivity contribution in [2.24, 2.45) is 0 Å². The van der Waals surface area contributed by atoms with Crippen LogP contribution < -0.4 is 4.74 Å². The van der Waals surface area contributed by atoms with Crippen molar-refractivity contribution in [3.63, 3.8) is 0 Å². The number of rotatable bonds is 4. The van der Waals surface area contributed by atoms with E-state index in [0.717, 1.165) is 12.2 Å². The number of aryl methyl sites for hydroxylation is 2. The van der Waals surface area contributed by atoms with Crippen molar-refractivity contribution in [2.75, 3.05) is 13.9 Å².